The molecule has 0 saturated carbocycles. The topological polar surface area (TPSA) is 75.1 Å². The lowest BCUT2D eigenvalue weighted by Crippen LogP contribution is -2.22. The van der Waals surface area contributed by atoms with Crippen molar-refractivity contribution in [2.45, 2.75) is 6.04 Å². The van der Waals surface area contributed by atoms with Crippen molar-refractivity contribution in [3.05, 3.63) is 22.6 Å². The zero-order chi connectivity index (χ0) is 7.40. The summed E-state index contributed by atoms with van der Waals surface area (Å²) in [6.45, 7) is 0.274. The summed E-state index contributed by atoms with van der Waals surface area (Å²) in [7, 11) is 0. The zero-order valence-electron chi connectivity index (χ0n) is 5.10. The Morgan fingerprint density at radius 1 is 1.90 bits per heavy atom. The van der Waals surface area contributed by atoms with Crippen molar-refractivity contribution < 1.29 is 9.53 Å². The quantitative estimate of drug-likeness (QED) is 0.177. The number of hydrogen-bond donors (Lipinski definition) is 0. The van der Waals surface area contributed by atoms with E-state index in [4.69, 9.17) is 5.53 Å². The number of esters is 1. The molecule has 0 aromatic heterocycles. The number of carbonyl (C=O) groups excluding carboxylic acids is 1. The van der Waals surface area contributed by atoms with Gasteiger partial charge in [-0.15, -0.1) is 0 Å². The summed E-state index contributed by atoms with van der Waals surface area (Å²) < 4.78 is 4.55. The van der Waals surface area contributed by atoms with Gasteiger partial charge in [0.15, 0.2) is 6.04 Å². The molecular formula is C5H5N3O2. The van der Waals surface area contributed by atoms with Crippen LogP contribution < -0.4 is 0 Å². The smallest absolute Gasteiger partial charge is 0.319 e. The summed E-state index contributed by atoms with van der Waals surface area (Å²) >= 11 is 0. The van der Waals surface area contributed by atoms with Crippen molar-refractivity contribution >= 4 is 5.97 Å². The van der Waals surface area contributed by atoms with Crippen LogP contribution in [0.4, 0.5) is 0 Å². The number of hydrogen-bond acceptors (Lipinski definition) is 3. The zero-order valence-corrected chi connectivity index (χ0v) is 5.10. The van der Waals surface area contributed by atoms with Crippen LogP contribution in [0, 0.1) is 0 Å². The van der Waals surface area contributed by atoms with Gasteiger partial charge in [-0.25, -0.2) is 0 Å². The van der Waals surface area contributed by atoms with E-state index in [0.717, 1.165) is 0 Å². The van der Waals surface area contributed by atoms with Crippen molar-refractivity contribution in [1.29, 1.82) is 0 Å². The summed E-state index contributed by atoms with van der Waals surface area (Å²) in [6.07, 6.45) is 3.16. The second-order valence-corrected chi connectivity index (χ2v) is 1.71. The molecule has 0 N–H and O–H groups in total. The van der Waals surface area contributed by atoms with E-state index in [-0.39, 0.29) is 6.61 Å². The normalized spacial score (nSPS) is 23.2. The Balaban J connectivity index is 2.72. The van der Waals surface area contributed by atoms with Gasteiger partial charge in [-0.2, -0.15) is 0 Å². The van der Waals surface area contributed by atoms with Gasteiger partial charge in [0.2, 0.25) is 0 Å². The molecular weight excluding hydrogens is 134 g/mol. The molecule has 1 heterocycles. The summed E-state index contributed by atoms with van der Waals surface area (Å²) in [5.74, 6) is -0.486. The molecule has 0 spiro atoms. The van der Waals surface area contributed by atoms with E-state index in [1.165, 1.54) is 6.08 Å². The van der Waals surface area contributed by atoms with Crippen LogP contribution in [-0.4, -0.2) is 18.6 Å². The van der Waals surface area contributed by atoms with Crippen LogP contribution in [0.2, 0.25) is 0 Å². The van der Waals surface area contributed by atoms with Gasteiger partial charge < -0.3 is 4.74 Å². The lowest BCUT2D eigenvalue weighted by atomic mass is 10.2. The molecule has 0 aromatic carbocycles. The number of nitrogens with zero attached hydrogens (tertiary/aromatic N) is 3. The lowest BCUT2D eigenvalue weighted by Gasteiger charge is -2.09. The molecule has 10 heavy (non-hydrogen) atoms. The van der Waals surface area contributed by atoms with Gasteiger partial charge in [-0.05, 0) is 5.53 Å². The molecule has 1 aliphatic rings. The summed E-state index contributed by atoms with van der Waals surface area (Å²) in [5, 5.41) is 3.18. The van der Waals surface area contributed by atoms with Crippen molar-refractivity contribution in [1.82, 2.24) is 0 Å². The number of azide groups is 1. The highest BCUT2D eigenvalue weighted by Gasteiger charge is 2.17. The molecule has 5 heteroatoms. The predicted molar refractivity (Wildman–Crippen MR) is 33.0 cm³/mol. The van der Waals surface area contributed by atoms with E-state index in [2.05, 4.69) is 14.8 Å². The Kier molecular flexibility index (Phi) is 1.92. The Morgan fingerprint density at radius 2 is 2.70 bits per heavy atom. The van der Waals surface area contributed by atoms with Crippen molar-refractivity contribution in [3.8, 4) is 0 Å². The fourth-order valence-electron chi connectivity index (χ4n) is 0.620. The van der Waals surface area contributed by atoms with Crippen LogP contribution in [0.15, 0.2) is 17.3 Å². The Hall–Kier alpha value is -1.48. The first-order valence-corrected chi connectivity index (χ1v) is 2.72. The van der Waals surface area contributed by atoms with Crippen LogP contribution in [-0.2, 0) is 9.53 Å². The van der Waals surface area contributed by atoms with Gasteiger partial charge in [-0.3, -0.25) is 4.79 Å². The number of cyclic esters (lactones) is 1. The fraction of sp³-hybridized carbons (Fsp3) is 0.400. The lowest BCUT2D eigenvalue weighted by molar-refractivity contribution is -0.143. The van der Waals surface area contributed by atoms with Crippen molar-refractivity contribution in [2.75, 3.05) is 6.61 Å². The fourth-order valence-corrected chi connectivity index (χ4v) is 0.620. The average Bonchev–Trinajstić information content (AvgIpc) is 1.94. The molecule has 0 aromatic rings. The van der Waals surface area contributed by atoms with Crippen LogP contribution in [0.25, 0.3) is 10.4 Å². The van der Waals surface area contributed by atoms with E-state index in [0.29, 0.717) is 0 Å². The van der Waals surface area contributed by atoms with Crippen LogP contribution in [0.1, 0.15) is 0 Å². The highest BCUT2D eigenvalue weighted by Crippen LogP contribution is 2.03. The van der Waals surface area contributed by atoms with Gasteiger partial charge in [-0.1, -0.05) is 17.3 Å². The van der Waals surface area contributed by atoms with Crippen LogP contribution >= 0.6 is 0 Å². The van der Waals surface area contributed by atoms with Crippen LogP contribution in [0.5, 0.6) is 0 Å². The third-order valence-electron chi connectivity index (χ3n) is 1.06. The maximum atomic E-state index is 10.6. The second-order valence-electron chi connectivity index (χ2n) is 1.71. The molecule has 0 saturated heterocycles. The molecule has 1 atom stereocenters. The van der Waals surface area contributed by atoms with Gasteiger partial charge >= 0.3 is 5.97 Å². The first-order chi connectivity index (χ1) is 4.84. The molecule has 0 fully saturated rings. The molecule has 0 radical (unpaired) electrons. The highest BCUT2D eigenvalue weighted by molar-refractivity contribution is 5.79. The molecule has 52 valence electrons. The molecule has 0 bridgehead atoms. The number of carbonyl (C=O) groups is 1. The minimum absolute atomic E-state index is 0.274. The maximum absolute atomic E-state index is 10.6. The van der Waals surface area contributed by atoms with Crippen LogP contribution in [0.3, 0.4) is 0 Å². The van der Waals surface area contributed by atoms with Gasteiger partial charge in [0.1, 0.15) is 6.61 Å². The second kappa shape index (κ2) is 2.89. The molecule has 1 rings (SSSR count). The first-order valence-electron chi connectivity index (χ1n) is 2.72. The van der Waals surface area contributed by atoms with E-state index in [1.54, 1.807) is 6.08 Å². The van der Waals surface area contributed by atoms with Gasteiger partial charge in [0.25, 0.3) is 0 Å². The minimum atomic E-state index is -0.765. The molecule has 0 aliphatic carbocycles. The van der Waals surface area contributed by atoms with Gasteiger partial charge in [0, 0.05) is 4.91 Å². The van der Waals surface area contributed by atoms with Gasteiger partial charge in [0.05, 0.1) is 0 Å². The Labute approximate surface area is 56.9 Å². The van der Waals surface area contributed by atoms with Crippen molar-refractivity contribution in [3.63, 3.8) is 0 Å². The Morgan fingerprint density at radius 3 is 3.30 bits per heavy atom. The standard InChI is InChI=1S/C5H5N3O2/c6-8-7-4-2-1-3-10-5(4)9/h1-2,4H,3H2. The van der Waals surface area contributed by atoms with E-state index in [1.807, 2.05) is 0 Å². The third-order valence-corrected chi connectivity index (χ3v) is 1.06. The molecule has 5 nitrogen and oxygen atoms in total. The van der Waals surface area contributed by atoms with E-state index < -0.39 is 12.0 Å². The highest BCUT2D eigenvalue weighted by atomic mass is 16.5. The predicted octanol–water partition coefficient (Wildman–Crippen LogP) is 0.778. The SMILES string of the molecule is [N-]=[N+]=NC1C=CCOC1=O. The minimum Gasteiger partial charge on any atom is -0.461 e. The summed E-state index contributed by atoms with van der Waals surface area (Å²) in [5.41, 5.74) is 7.95. The average molecular weight is 139 g/mol. The molecule has 1 unspecified atom stereocenters. The number of ether oxygens (including phenoxy) is 1. The number of rotatable bonds is 1. The summed E-state index contributed by atoms with van der Waals surface area (Å²) in [4.78, 5) is 13.1. The van der Waals surface area contributed by atoms with E-state index in [9.17, 15) is 4.79 Å². The summed E-state index contributed by atoms with van der Waals surface area (Å²) in [6, 6.07) is -0.765. The first kappa shape index (κ1) is 6.64. The maximum Gasteiger partial charge on any atom is 0.319 e. The Bertz CT molecular complexity index is 217. The van der Waals surface area contributed by atoms with E-state index >= 15 is 0 Å². The molecule has 1 aliphatic heterocycles. The van der Waals surface area contributed by atoms with Crippen molar-refractivity contribution in [2.24, 2.45) is 5.11 Å². The monoisotopic (exact) mass is 139 g/mol. The molecule has 0 amide bonds. The largest absolute Gasteiger partial charge is 0.461 e. The third kappa shape index (κ3) is 1.27.